The van der Waals surface area contributed by atoms with E-state index in [4.69, 9.17) is 17.3 Å². The number of nitrogen functional groups attached to an aromatic ring is 1. The Morgan fingerprint density at radius 1 is 1.40 bits per heavy atom. The van der Waals surface area contributed by atoms with E-state index in [9.17, 15) is 9.59 Å². The van der Waals surface area contributed by atoms with Crippen LogP contribution in [0.5, 0.6) is 0 Å². The van der Waals surface area contributed by atoms with E-state index in [0.29, 0.717) is 16.4 Å². The Kier molecular flexibility index (Phi) is 2.24. The number of anilines is 2. The molecule has 0 aliphatic carbocycles. The zero-order valence-corrected chi connectivity index (χ0v) is 8.41. The van der Waals surface area contributed by atoms with Gasteiger partial charge in [0.2, 0.25) is 0 Å². The molecule has 78 valence electrons. The molecule has 1 aliphatic heterocycles. The van der Waals surface area contributed by atoms with Crippen molar-refractivity contribution < 1.29 is 9.59 Å². The zero-order valence-electron chi connectivity index (χ0n) is 7.66. The van der Waals surface area contributed by atoms with Gasteiger partial charge in [-0.15, -0.1) is 0 Å². The second kappa shape index (κ2) is 3.43. The lowest BCUT2D eigenvalue weighted by atomic mass is 10.2. The Hall–Kier alpha value is -1.75. The summed E-state index contributed by atoms with van der Waals surface area (Å²) in [7, 11) is 0. The quantitative estimate of drug-likeness (QED) is 0.553. The minimum absolute atomic E-state index is 0.00996. The molecule has 15 heavy (non-hydrogen) atoms. The van der Waals surface area contributed by atoms with Crippen LogP contribution in [-0.2, 0) is 4.79 Å². The first-order chi connectivity index (χ1) is 7.09. The van der Waals surface area contributed by atoms with Crippen LogP contribution < -0.4 is 16.0 Å². The molecule has 1 aromatic carbocycles. The van der Waals surface area contributed by atoms with Crippen molar-refractivity contribution in [2.75, 3.05) is 17.2 Å². The number of amides is 3. The second-order valence-corrected chi connectivity index (χ2v) is 3.51. The minimum atomic E-state index is -0.479. The molecule has 3 N–H and O–H groups in total. The molecular weight excluding hydrogens is 218 g/mol. The smallest absolute Gasteiger partial charge is 0.329 e. The predicted molar refractivity (Wildman–Crippen MR) is 56.7 cm³/mol. The number of imide groups is 1. The van der Waals surface area contributed by atoms with Gasteiger partial charge in [-0.2, -0.15) is 0 Å². The third-order valence-electron chi connectivity index (χ3n) is 2.05. The Labute approximate surface area is 90.8 Å². The van der Waals surface area contributed by atoms with Crippen LogP contribution in [0.3, 0.4) is 0 Å². The van der Waals surface area contributed by atoms with E-state index in [1.165, 1.54) is 6.07 Å². The van der Waals surface area contributed by atoms with E-state index in [1.54, 1.807) is 12.1 Å². The molecule has 5 nitrogen and oxygen atoms in total. The number of rotatable bonds is 1. The van der Waals surface area contributed by atoms with E-state index in [1.807, 2.05) is 0 Å². The molecule has 1 heterocycles. The molecule has 0 saturated carbocycles. The Balaban J connectivity index is 2.48. The first-order valence-electron chi connectivity index (χ1n) is 4.25. The molecule has 1 aromatic rings. The number of halogens is 1. The van der Waals surface area contributed by atoms with Crippen LogP contribution >= 0.6 is 11.6 Å². The highest BCUT2D eigenvalue weighted by Gasteiger charge is 2.31. The van der Waals surface area contributed by atoms with Crippen molar-refractivity contribution in [1.29, 1.82) is 0 Å². The maximum atomic E-state index is 11.4. The molecule has 1 aliphatic rings. The molecule has 0 unspecified atom stereocenters. The van der Waals surface area contributed by atoms with Crippen molar-refractivity contribution in [3.8, 4) is 0 Å². The van der Waals surface area contributed by atoms with Crippen LogP contribution in [0.25, 0.3) is 0 Å². The van der Waals surface area contributed by atoms with E-state index >= 15 is 0 Å². The Morgan fingerprint density at radius 3 is 2.73 bits per heavy atom. The molecule has 0 aromatic heterocycles. The van der Waals surface area contributed by atoms with Gasteiger partial charge in [0, 0.05) is 5.69 Å². The van der Waals surface area contributed by atoms with Gasteiger partial charge in [-0.05, 0) is 18.2 Å². The highest BCUT2D eigenvalue weighted by molar-refractivity contribution is 6.35. The van der Waals surface area contributed by atoms with Crippen LogP contribution in [0.15, 0.2) is 18.2 Å². The van der Waals surface area contributed by atoms with Gasteiger partial charge >= 0.3 is 6.03 Å². The average Bonchev–Trinajstić information content (AvgIpc) is 2.51. The average molecular weight is 226 g/mol. The third kappa shape index (κ3) is 1.61. The number of urea groups is 1. The zero-order chi connectivity index (χ0) is 11.0. The monoisotopic (exact) mass is 225 g/mol. The number of nitrogens with one attached hydrogen (secondary N) is 1. The number of carbonyl (C=O) groups is 2. The van der Waals surface area contributed by atoms with Crippen LogP contribution in [0.1, 0.15) is 0 Å². The largest absolute Gasteiger partial charge is 0.399 e. The molecule has 6 heteroatoms. The first kappa shape index (κ1) is 9.79. The lowest BCUT2D eigenvalue weighted by molar-refractivity contribution is -0.115. The minimum Gasteiger partial charge on any atom is -0.399 e. The summed E-state index contributed by atoms with van der Waals surface area (Å²) in [5.41, 5.74) is 6.32. The highest BCUT2D eigenvalue weighted by Crippen LogP contribution is 2.29. The summed E-state index contributed by atoms with van der Waals surface area (Å²) in [6.07, 6.45) is 0. The fraction of sp³-hybridized carbons (Fsp3) is 0.111. The van der Waals surface area contributed by atoms with Crippen molar-refractivity contribution in [1.82, 2.24) is 5.32 Å². The molecule has 0 spiro atoms. The summed E-state index contributed by atoms with van der Waals surface area (Å²) in [6.45, 7) is -0.00996. The van der Waals surface area contributed by atoms with Gasteiger partial charge < -0.3 is 11.1 Å². The van der Waals surface area contributed by atoms with Crippen molar-refractivity contribution in [3.63, 3.8) is 0 Å². The van der Waals surface area contributed by atoms with Gasteiger partial charge in [-0.3, -0.25) is 4.79 Å². The molecule has 0 atom stereocenters. The summed E-state index contributed by atoms with van der Waals surface area (Å²) in [5.74, 6) is -0.340. The van der Waals surface area contributed by atoms with Gasteiger partial charge in [-0.25, -0.2) is 9.69 Å². The normalized spacial score (nSPS) is 15.7. The molecule has 1 fully saturated rings. The van der Waals surface area contributed by atoms with Crippen molar-refractivity contribution in [2.45, 2.75) is 0 Å². The number of benzene rings is 1. The van der Waals surface area contributed by atoms with Crippen molar-refractivity contribution in [3.05, 3.63) is 23.2 Å². The fourth-order valence-corrected chi connectivity index (χ4v) is 1.57. The number of hydrogen-bond donors (Lipinski definition) is 2. The van der Waals surface area contributed by atoms with Crippen LogP contribution in [0.2, 0.25) is 5.02 Å². The molecule has 1 saturated heterocycles. The van der Waals surface area contributed by atoms with Crippen molar-refractivity contribution in [2.24, 2.45) is 0 Å². The van der Waals surface area contributed by atoms with Gasteiger partial charge in [0.25, 0.3) is 5.91 Å². The molecule has 2 rings (SSSR count). The van der Waals surface area contributed by atoms with Gasteiger partial charge in [-0.1, -0.05) is 11.6 Å². The standard InChI is InChI=1S/C9H8ClN3O2/c10-6-2-1-5(11)3-7(6)13-8(14)4-12-9(13)15/h1-3H,4,11H2,(H,12,15). The lowest BCUT2D eigenvalue weighted by Gasteiger charge is -2.14. The molecule has 0 bridgehead atoms. The summed E-state index contributed by atoms with van der Waals surface area (Å²) < 4.78 is 0. The van der Waals surface area contributed by atoms with Crippen molar-refractivity contribution >= 4 is 34.9 Å². The molecular formula is C9H8ClN3O2. The van der Waals surface area contributed by atoms with Gasteiger partial charge in [0.05, 0.1) is 17.3 Å². The maximum Gasteiger partial charge on any atom is 0.329 e. The predicted octanol–water partition coefficient (Wildman–Crippen LogP) is 0.978. The Morgan fingerprint density at radius 2 is 2.13 bits per heavy atom. The number of nitrogens with zero attached hydrogens (tertiary/aromatic N) is 1. The van der Waals surface area contributed by atoms with E-state index in [0.717, 1.165) is 4.90 Å². The van der Waals surface area contributed by atoms with E-state index in [-0.39, 0.29) is 12.5 Å². The lowest BCUT2D eigenvalue weighted by Crippen LogP contribution is -2.30. The van der Waals surface area contributed by atoms with Gasteiger partial charge in [0.1, 0.15) is 0 Å². The highest BCUT2D eigenvalue weighted by atomic mass is 35.5. The van der Waals surface area contributed by atoms with E-state index < -0.39 is 6.03 Å². The molecule has 3 amide bonds. The number of carbonyl (C=O) groups excluding carboxylic acids is 2. The van der Waals surface area contributed by atoms with E-state index in [2.05, 4.69) is 5.32 Å². The Bertz CT molecular complexity index is 431. The van der Waals surface area contributed by atoms with Gasteiger partial charge in [0.15, 0.2) is 0 Å². The topological polar surface area (TPSA) is 75.4 Å². The summed E-state index contributed by atoms with van der Waals surface area (Å²) in [4.78, 5) is 23.7. The third-order valence-corrected chi connectivity index (χ3v) is 2.37. The number of hydrogen-bond acceptors (Lipinski definition) is 3. The fourth-order valence-electron chi connectivity index (χ4n) is 1.37. The summed E-state index contributed by atoms with van der Waals surface area (Å²) in [5, 5.41) is 2.72. The summed E-state index contributed by atoms with van der Waals surface area (Å²) >= 11 is 5.88. The first-order valence-corrected chi connectivity index (χ1v) is 4.63. The molecule has 0 radical (unpaired) electrons. The summed E-state index contributed by atoms with van der Waals surface area (Å²) in [6, 6.07) is 4.16. The number of nitrogens with two attached hydrogens (primary N) is 1. The van der Waals surface area contributed by atoms with Crippen LogP contribution in [0.4, 0.5) is 16.2 Å². The maximum absolute atomic E-state index is 11.4. The second-order valence-electron chi connectivity index (χ2n) is 3.10. The van der Waals surface area contributed by atoms with Crippen LogP contribution in [-0.4, -0.2) is 18.5 Å². The van der Waals surface area contributed by atoms with Crippen LogP contribution in [0, 0.1) is 0 Å². The SMILES string of the molecule is Nc1ccc(Cl)c(N2C(=O)CNC2=O)c1.